The van der Waals surface area contributed by atoms with Crippen LogP contribution in [0.3, 0.4) is 0 Å². The second-order valence-corrected chi connectivity index (χ2v) is 9.56. The summed E-state index contributed by atoms with van der Waals surface area (Å²) >= 11 is 6.74. The number of pyridine rings is 1. The van der Waals surface area contributed by atoms with Gasteiger partial charge in [0.15, 0.2) is 0 Å². The number of hydrogen-bond acceptors (Lipinski definition) is 7. The van der Waals surface area contributed by atoms with Gasteiger partial charge < -0.3 is 9.64 Å². The summed E-state index contributed by atoms with van der Waals surface area (Å²) in [6.07, 6.45) is 5.43. The van der Waals surface area contributed by atoms with Crippen molar-refractivity contribution in [2.45, 2.75) is 53.0 Å². The average Bonchev–Trinajstić information content (AvgIpc) is 3.39. The van der Waals surface area contributed by atoms with Crippen LogP contribution in [-0.4, -0.2) is 52.5 Å². The molecule has 2 saturated heterocycles. The Morgan fingerprint density at radius 2 is 1.94 bits per heavy atom. The van der Waals surface area contributed by atoms with E-state index in [0.29, 0.717) is 47.5 Å². The van der Waals surface area contributed by atoms with E-state index in [2.05, 4.69) is 11.0 Å². The van der Waals surface area contributed by atoms with Crippen LogP contribution in [0.4, 0.5) is 5.82 Å². The van der Waals surface area contributed by atoms with E-state index in [9.17, 15) is 14.9 Å². The Bertz CT molecular complexity index is 1020. The van der Waals surface area contributed by atoms with Gasteiger partial charge in [0.25, 0.3) is 11.5 Å². The van der Waals surface area contributed by atoms with E-state index in [1.54, 1.807) is 16.4 Å². The highest BCUT2D eigenvalue weighted by atomic mass is 32.2. The Labute approximate surface area is 199 Å². The second kappa shape index (κ2) is 11.1. The summed E-state index contributed by atoms with van der Waals surface area (Å²) in [6.45, 7) is 9.72. The van der Waals surface area contributed by atoms with Gasteiger partial charge in [-0.3, -0.25) is 19.1 Å². The lowest BCUT2D eigenvalue weighted by molar-refractivity contribution is -0.122. The minimum absolute atomic E-state index is 0.130. The maximum Gasteiger partial charge on any atom is 0.270 e. The molecule has 3 rings (SSSR count). The molecule has 1 amide bonds. The molecule has 3 heterocycles. The molecule has 2 aliphatic rings. The third-order valence-corrected chi connectivity index (χ3v) is 7.10. The van der Waals surface area contributed by atoms with Crippen LogP contribution < -0.4 is 10.5 Å². The van der Waals surface area contributed by atoms with Crippen molar-refractivity contribution in [2.24, 2.45) is 0 Å². The minimum Gasteiger partial charge on any atom is -0.382 e. The molecule has 2 fully saturated rings. The number of rotatable bonds is 9. The molecular formula is C23H30N4O3S2. The van der Waals surface area contributed by atoms with E-state index in [4.69, 9.17) is 17.0 Å². The van der Waals surface area contributed by atoms with Gasteiger partial charge >= 0.3 is 0 Å². The van der Waals surface area contributed by atoms with E-state index >= 15 is 0 Å². The summed E-state index contributed by atoms with van der Waals surface area (Å²) in [4.78, 5) is 30.6. The predicted molar refractivity (Wildman–Crippen MR) is 133 cm³/mol. The van der Waals surface area contributed by atoms with E-state index in [1.807, 2.05) is 19.9 Å². The van der Waals surface area contributed by atoms with E-state index in [-0.39, 0.29) is 17.0 Å². The van der Waals surface area contributed by atoms with Gasteiger partial charge in [0.2, 0.25) is 0 Å². The number of thioether (sulfide) groups is 1. The molecule has 0 aliphatic carbocycles. The van der Waals surface area contributed by atoms with Crippen molar-refractivity contribution < 1.29 is 9.53 Å². The first-order valence-corrected chi connectivity index (χ1v) is 12.4. The Morgan fingerprint density at radius 1 is 1.22 bits per heavy atom. The highest BCUT2D eigenvalue weighted by Gasteiger charge is 2.33. The standard InChI is InChI=1S/C23H30N4O3S2/c1-4-9-26-20(25-10-6-7-11-25)17(16(3)18(15-24)21(26)28)14-19-22(29)27(23(31)32-19)12-8-13-30-5-2/h14H,4-13H2,1-3H3. The van der Waals surface area contributed by atoms with Gasteiger partial charge in [-0.1, -0.05) is 30.9 Å². The van der Waals surface area contributed by atoms with Gasteiger partial charge in [0.1, 0.15) is 21.8 Å². The summed E-state index contributed by atoms with van der Waals surface area (Å²) in [6, 6.07) is 2.09. The highest BCUT2D eigenvalue weighted by Crippen LogP contribution is 2.36. The van der Waals surface area contributed by atoms with E-state index < -0.39 is 0 Å². The van der Waals surface area contributed by atoms with Gasteiger partial charge in [0.05, 0.1) is 4.91 Å². The van der Waals surface area contributed by atoms with Crippen molar-refractivity contribution >= 4 is 46.1 Å². The molecule has 1 aromatic heterocycles. The monoisotopic (exact) mass is 474 g/mol. The van der Waals surface area contributed by atoms with Crippen LogP contribution in [-0.2, 0) is 16.1 Å². The molecule has 0 atom stereocenters. The van der Waals surface area contributed by atoms with E-state index in [0.717, 1.165) is 43.7 Å². The zero-order valence-electron chi connectivity index (χ0n) is 19.0. The molecule has 172 valence electrons. The lowest BCUT2D eigenvalue weighted by atomic mass is 10.0. The minimum atomic E-state index is -0.255. The highest BCUT2D eigenvalue weighted by molar-refractivity contribution is 8.26. The topological polar surface area (TPSA) is 78.6 Å². The maximum absolute atomic E-state index is 13.1. The van der Waals surface area contributed by atoms with Crippen molar-refractivity contribution in [1.82, 2.24) is 9.47 Å². The van der Waals surface area contributed by atoms with Crippen LogP contribution >= 0.6 is 24.0 Å². The summed E-state index contributed by atoms with van der Waals surface area (Å²) in [5.41, 5.74) is 1.27. The molecule has 0 spiro atoms. The quantitative estimate of drug-likeness (QED) is 0.307. The molecule has 0 N–H and O–H groups in total. The fourth-order valence-corrected chi connectivity index (χ4v) is 5.43. The van der Waals surface area contributed by atoms with Crippen molar-refractivity contribution in [3.05, 3.63) is 31.9 Å². The van der Waals surface area contributed by atoms with Crippen LogP contribution in [0.25, 0.3) is 6.08 Å². The predicted octanol–water partition coefficient (Wildman–Crippen LogP) is 3.67. The molecule has 2 aliphatic heterocycles. The van der Waals surface area contributed by atoms with Gasteiger partial charge in [-0.2, -0.15) is 5.26 Å². The molecule has 0 unspecified atom stereocenters. The van der Waals surface area contributed by atoms with Crippen molar-refractivity contribution in [2.75, 3.05) is 37.7 Å². The van der Waals surface area contributed by atoms with Crippen LogP contribution in [0.15, 0.2) is 9.70 Å². The number of hydrogen-bond donors (Lipinski definition) is 0. The Hall–Kier alpha value is -2.15. The largest absolute Gasteiger partial charge is 0.382 e. The van der Waals surface area contributed by atoms with Crippen molar-refractivity contribution in [3.63, 3.8) is 0 Å². The number of carbonyl (C=O) groups excluding carboxylic acids is 1. The molecule has 32 heavy (non-hydrogen) atoms. The summed E-state index contributed by atoms with van der Waals surface area (Å²) in [5.74, 6) is 0.683. The number of thiocarbonyl (C=S) groups is 1. The molecule has 0 radical (unpaired) electrons. The van der Waals surface area contributed by atoms with Crippen LogP contribution in [0, 0.1) is 18.3 Å². The van der Waals surface area contributed by atoms with E-state index in [1.165, 1.54) is 11.8 Å². The smallest absolute Gasteiger partial charge is 0.270 e. The van der Waals surface area contributed by atoms with Crippen LogP contribution in [0.1, 0.15) is 56.2 Å². The first-order valence-electron chi connectivity index (χ1n) is 11.2. The van der Waals surface area contributed by atoms with Crippen LogP contribution in [0.2, 0.25) is 0 Å². The van der Waals surface area contributed by atoms with Crippen LogP contribution in [0.5, 0.6) is 0 Å². The lowest BCUT2D eigenvalue weighted by Crippen LogP contribution is -2.33. The first-order chi connectivity index (χ1) is 15.4. The number of carbonyl (C=O) groups is 1. The normalized spacial score (nSPS) is 17.6. The summed E-state index contributed by atoms with van der Waals surface area (Å²) < 4.78 is 7.62. The number of anilines is 1. The number of nitriles is 1. The Morgan fingerprint density at radius 3 is 2.56 bits per heavy atom. The summed E-state index contributed by atoms with van der Waals surface area (Å²) in [5, 5.41) is 9.70. The number of nitrogens with zero attached hydrogens (tertiary/aromatic N) is 4. The molecule has 9 heteroatoms. The molecule has 0 bridgehead atoms. The zero-order chi connectivity index (χ0) is 23.3. The molecule has 0 saturated carbocycles. The second-order valence-electron chi connectivity index (χ2n) is 7.88. The lowest BCUT2D eigenvalue weighted by Gasteiger charge is -2.26. The fraction of sp³-hybridized carbons (Fsp3) is 0.565. The molecular weight excluding hydrogens is 444 g/mol. The van der Waals surface area contributed by atoms with Gasteiger partial charge in [-0.15, -0.1) is 0 Å². The Balaban J connectivity index is 2.07. The average molecular weight is 475 g/mol. The third-order valence-electron chi connectivity index (χ3n) is 5.72. The molecule has 0 aromatic carbocycles. The van der Waals surface area contributed by atoms with Gasteiger partial charge in [0, 0.05) is 45.0 Å². The SMILES string of the molecule is CCCn1c(N2CCCC2)c(C=C2SC(=S)N(CCCOCC)C2=O)c(C)c(C#N)c1=O. The van der Waals surface area contributed by atoms with Gasteiger partial charge in [-0.05, 0) is 51.2 Å². The van der Waals surface area contributed by atoms with Crippen molar-refractivity contribution in [1.29, 1.82) is 5.26 Å². The maximum atomic E-state index is 13.1. The first kappa shape index (κ1) is 24.5. The Kier molecular flexibility index (Phi) is 8.51. The molecule has 1 aromatic rings. The number of ether oxygens (including phenoxy) is 1. The summed E-state index contributed by atoms with van der Waals surface area (Å²) in [7, 11) is 0. The van der Waals surface area contributed by atoms with Gasteiger partial charge in [-0.25, -0.2) is 0 Å². The molecule has 7 nitrogen and oxygen atoms in total. The number of aromatic nitrogens is 1. The fourth-order valence-electron chi connectivity index (χ4n) is 4.14. The van der Waals surface area contributed by atoms with Crippen molar-refractivity contribution in [3.8, 4) is 6.07 Å². The third kappa shape index (κ3) is 4.92. The zero-order valence-corrected chi connectivity index (χ0v) is 20.6. The number of amides is 1.